The summed E-state index contributed by atoms with van der Waals surface area (Å²) in [6.45, 7) is 0. The van der Waals surface area contributed by atoms with Gasteiger partial charge in [-0.05, 0) is 18.2 Å². The van der Waals surface area contributed by atoms with E-state index in [9.17, 15) is 5.11 Å². The maximum absolute atomic E-state index is 9.73. The monoisotopic (exact) mass is 314 g/mol. The Hall–Kier alpha value is -2.17. The Bertz CT molecular complexity index is 784. The summed E-state index contributed by atoms with van der Waals surface area (Å²) >= 11 is 7.35. The predicted molar refractivity (Wildman–Crippen MR) is 87.9 cm³/mol. The number of thiazole rings is 1. The van der Waals surface area contributed by atoms with Crippen molar-refractivity contribution in [2.45, 2.75) is 0 Å². The van der Waals surface area contributed by atoms with Crippen LogP contribution in [0.4, 0.5) is 5.13 Å². The SMILES string of the molecule is Oc1ccc(Cl)cc1C=Nc1nc(-c2ccccc2)cs1. The third-order valence-electron chi connectivity index (χ3n) is 2.87. The third-order valence-corrected chi connectivity index (χ3v) is 3.85. The number of aromatic hydroxyl groups is 1. The molecule has 3 nitrogen and oxygen atoms in total. The molecule has 0 saturated heterocycles. The van der Waals surface area contributed by atoms with Gasteiger partial charge in [-0.3, -0.25) is 0 Å². The summed E-state index contributed by atoms with van der Waals surface area (Å²) in [4.78, 5) is 8.74. The van der Waals surface area contributed by atoms with Crippen LogP contribution in [-0.2, 0) is 0 Å². The highest BCUT2D eigenvalue weighted by atomic mass is 35.5. The molecule has 0 aliphatic rings. The Morgan fingerprint density at radius 1 is 1.14 bits per heavy atom. The predicted octanol–water partition coefficient (Wildman–Crippen LogP) is 4.92. The molecule has 3 rings (SSSR count). The lowest BCUT2D eigenvalue weighted by Gasteiger charge is -1.98. The van der Waals surface area contributed by atoms with Crippen LogP contribution in [0.2, 0.25) is 5.02 Å². The Balaban J connectivity index is 1.84. The van der Waals surface area contributed by atoms with Crippen molar-refractivity contribution >= 4 is 34.3 Å². The van der Waals surface area contributed by atoms with Crippen molar-refractivity contribution < 1.29 is 5.11 Å². The van der Waals surface area contributed by atoms with E-state index >= 15 is 0 Å². The summed E-state index contributed by atoms with van der Waals surface area (Å²) in [5.74, 6) is 0.142. The number of nitrogens with zero attached hydrogens (tertiary/aromatic N) is 2. The molecule has 0 saturated carbocycles. The topological polar surface area (TPSA) is 45.5 Å². The van der Waals surface area contributed by atoms with Gasteiger partial charge >= 0.3 is 0 Å². The summed E-state index contributed by atoms with van der Waals surface area (Å²) in [7, 11) is 0. The van der Waals surface area contributed by atoms with Gasteiger partial charge in [0, 0.05) is 27.7 Å². The van der Waals surface area contributed by atoms with E-state index in [4.69, 9.17) is 11.6 Å². The van der Waals surface area contributed by atoms with Crippen molar-refractivity contribution in [2.24, 2.45) is 4.99 Å². The van der Waals surface area contributed by atoms with Gasteiger partial charge < -0.3 is 5.11 Å². The van der Waals surface area contributed by atoms with Gasteiger partial charge in [0.2, 0.25) is 5.13 Å². The average Bonchev–Trinajstić information content (AvgIpc) is 2.98. The number of rotatable bonds is 3. The number of benzene rings is 2. The summed E-state index contributed by atoms with van der Waals surface area (Å²) < 4.78 is 0. The van der Waals surface area contributed by atoms with Crippen LogP contribution < -0.4 is 0 Å². The van der Waals surface area contributed by atoms with Gasteiger partial charge in [0.15, 0.2) is 0 Å². The average molecular weight is 315 g/mol. The molecule has 0 radical (unpaired) electrons. The molecule has 0 spiro atoms. The second-order valence-corrected chi connectivity index (χ2v) is 5.62. The molecular weight excluding hydrogens is 304 g/mol. The van der Waals surface area contributed by atoms with Crippen LogP contribution >= 0.6 is 22.9 Å². The highest BCUT2D eigenvalue weighted by Gasteiger charge is 2.03. The number of aliphatic imine (C=N–C) groups is 1. The van der Waals surface area contributed by atoms with Crippen LogP contribution in [0.1, 0.15) is 5.56 Å². The van der Waals surface area contributed by atoms with Gasteiger partial charge in [-0.25, -0.2) is 9.98 Å². The largest absolute Gasteiger partial charge is 0.507 e. The highest BCUT2D eigenvalue weighted by Crippen LogP contribution is 2.27. The van der Waals surface area contributed by atoms with Crippen molar-refractivity contribution in [3.8, 4) is 17.0 Å². The number of phenolic OH excluding ortho intramolecular Hbond substituents is 1. The van der Waals surface area contributed by atoms with Crippen LogP contribution in [0.25, 0.3) is 11.3 Å². The zero-order chi connectivity index (χ0) is 14.7. The minimum Gasteiger partial charge on any atom is -0.507 e. The lowest BCUT2D eigenvalue weighted by atomic mass is 10.2. The number of aromatic nitrogens is 1. The first-order chi connectivity index (χ1) is 10.2. The molecule has 0 amide bonds. The highest BCUT2D eigenvalue weighted by molar-refractivity contribution is 7.13. The van der Waals surface area contributed by atoms with E-state index in [0.29, 0.717) is 15.7 Å². The number of halogens is 1. The Kier molecular flexibility index (Phi) is 3.99. The quantitative estimate of drug-likeness (QED) is 0.697. The van der Waals surface area contributed by atoms with E-state index < -0.39 is 0 Å². The first kappa shape index (κ1) is 13.8. The molecule has 5 heteroatoms. The first-order valence-corrected chi connectivity index (χ1v) is 7.52. The Labute approximate surface area is 131 Å². The van der Waals surface area contributed by atoms with E-state index in [2.05, 4.69) is 9.98 Å². The van der Waals surface area contributed by atoms with Crippen molar-refractivity contribution in [3.63, 3.8) is 0 Å². The van der Waals surface area contributed by atoms with E-state index in [-0.39, 0.29) is 5.75 Å². The molecule has 2 aromatic carbocycles. The molecular formula is C16H11ClN2OS. The fraction of sp³-hybridized carbons (Fsp3) is 0. The molecule has 0 unspecified atom stereocenters. The Morgan fingerprint density at radius 2 is 1.95 bits per heavy atom. The van der Waals surface area contributed by atoms with Crippen molar-refractivity contribution in [2.75, 3.05) is 0 Å². The van der Waals surface area contributed by atoms with Crippen LogP contribution in [0.5, 0.6) is 5.75 Å². The molecule has 0 atom stereocenters. The number of hydrogen-bond acceptors (Lipinski definition) is 4. The lowest BCUT2D eigenvalue weighted by Crippen LogP contribution is -1.82. The molecule has 1 N–H and O–H groups in total. The minimum absolute atomic E-state index is 0.142. The zero-order valence-corrected chi connectivity index (χ0v) is 12.5. The van der Waals surface area contributed by atoms with Gasteiger partial charge in [0.05, 0.1) is 5.69 Å². The standard InChI is InChI=1S/C16H11ClN2OS/c17-13-6-7-15(20)12(8-13)9-18-16-19-14(10-21-16)11-4-2-1-3-5-11/h1-10,20H. The number of hydrogen-bond donors (Lipinski definition) is 1. The van der Waals surface area contributed by atoms with E-state index in [1.165, 1.54) is 11.3 Å². The van der Waals surface area contributed by atoms with Gasteiger partial charge in [-0.1, -0.05) is 41.9 Å². The summed E-state index contributed by atoms with van der Waals surface area (Å²) in [6, 6.07) is 14.8. The van der Waals surface area contributed by atoms with Crippen LogP contribution in [0.15, 0.2) is 58.9 Å². The number of phenols is 1. The fourth-order valence-electron chi connectivity index (χ4n) is 1.82. The van der Waals surface area contributed by atoms with Crippen molar-refractivity contribution in [1.29, 1.82) is 0 Å². The van der Waals surface area contributed by atoms with E-state index in [1.54, 1.807) is 24.4 Å². The molecule has 0 fully saturated rings. The molecule has 104 valence electrons. The van der Waals surface area contributed by atoms with Gasteiger partial charge in [-0.15, -0.1) is 11.3 Å². The van der Waals surface area contributed by atoms with Crippen molar-refractivity contribution in [3.05, 3.63) is 64.5 Å². The van der Waals surface area contributed by atoms with Crippen molar-refractivity contribution in [1.82, 2.24) is 4.98 Å². The lowest BCUT2D eigenvalue weighted by molar-refractivity contribution is 0.474. The maximum atomic E-state index is 9.73. The minimum atomic E-state index is 0.142. The second-order valence-electron chi connectivity index (χ2n) is 4.34. The molecule has 1 heterocycles. The zero-order valence-electron chi connectivity index (χ0n) is 10.9. The maximum Gasteiger partial charge on any atom is 0.209 e. The van der Waals surface area contributed by atoms with Gasteiger partial charge in [-0.2, -0.15) is 0 Å². The molecule has 0 bridgehead atoms. The molecule has 0 aliphatic heterocycles. The second kappa shape index (κ2) is 6.08. The molecule has 1 aromatic heterocycles. The molecule has 0 aliphatic carbocycles. The smallest absolute Gasteiger partial charge is 0.209 e. The van der Waals surface area contributed by atoms with Crippen LogP contribution in [0, 0.1) is 0 Å². The van der Waals surface area contributed by atoms with E-state index in [0.717, 1.165) is 11.3 Å². The van der Waals surface area contributed by atoms with Gasteiger partial charge in [0.1, 0.15) is 5.75 Å². The van der Waals surface area contributed by atoms with Crippen LogP contribution in [-0.4, -0.2) is 16.3 Å². The summed E-state index contributed by atoms with van der Waals surface area (Å²) in [5, 5.41) is 12.9. The third kappa shape index (κ3) is 3.29. The van der Waals surface area contributed by atoms with Gasteiger partial charge in [0.25, 0.3) is 0 Å². The Morgan fingerprint density at radius 3 is 2.76 bits per heavy atom. The molecule has 21 heavy (non-hydrogen) atoms. The normalized spacial score (nSPS) is 11.1. The summed E-state index contributed by atoms with van der Waals surface area (Å²) in [6.07, 6.45) is 1.56. The molecule has 3 aromatic rings. The van der Waals surface area contributed by atoms with Crippen LogP contribution in [0.3, 0.4) is 0 Å². The first-order valence-electron chi connectivity index (χ1n) is 6.26. The summed E-state index contributed by atoms with van der Waals surface area (Å²) in [5.41, 5.74) is 2.52. The fourth-order valence-corrected chi connectivity index (χ4v) is 2.67. The van der Waals surface area contributed by atoms with E-state index in [1.807, 2.05) is 35.7 Å².